The Morgan fingerprint density at radius 1 is 1.54 bits per heavy atom. The van der Waals surface area contributed by atoms with Crippen LogP contribution in [0.4, 0.5) is 4.39 Å². The number of hydrogen-bond donors (Lipinski definition) is 1. The van der Waals surface area contributed by atoms with Crippen LogP contribution in [0.15, 0.2) is 12.1 Å². The average molecular weight is 179 g/mol. The smallest absolute Gasteiger partial charge is 0.165 e. The fourth-order valence-electron chi connectivity index (χ4n) is 1.17. The molecule has 0 amide bonds. The average Bonchev–Trinajstić information content (AvgIpc) is 2.09. The van der Waals surface area contributed by atoms with Gasteiger partial charge in [0.15, 0.2) is 11.6 Å². The van der Waals surface area contributed by atoms with Gasteiger partial charge >= 0.3 is 0 Å². The van der Waals surface area contributed by atoms with Crippen molar-refractivity contribution >= 4 is 0 Å². The molecule has 0 radical (unpaired) electrons. The first-order valence-corrected chi connectivity index (χ1v) is 4.00. The number of benzene rings is 1. The molecular formula is C10H10FNO. The summed E-state index contributed by atoms with van der Waals surface area (Å²) >= 11 is 0. The summed E-state index contributed by atoms with van der Waals surface area (Å²) in [6, 6.07) is 4.65. The van der Waals surface area contributed by atoms with Crippen molar-refractivity contribution in [2.75, 3.05) is 0 Å². The minimum Gasteiger partial charge on any atom is -0.505 e. The number of hydrogen-bond acceptors (Lipinski definition) is 2. The van der Waals surface area contributed by atoms with Crippen molar-refractivity contribution in [3.8, 4) is 11.8 Å². The highest BCUT2D eigenvalue weighted by atomic mass is 19.1. The molecule has 0 heterocycles. The van der Waals surface area contributed by atoms with Crippen LogP contribution < -0.4 is 0 Å². The topological polar surface area (TPSA) is 44.0 Å². The zero-order valence-corrected chi connectivity index (χ0v) is 7.34. The Morgan fingerprint density at radius 2 is 2.23 bits per heavy atom. The van der Waals surface area contributed by atoms with Gasteiger partial charge in [-0.25, -0.2) is 4.39 Å². The Morgan fingerprint density at radius 3 is 2.85 bits per heavy atom. The Kier molecular flexibility index (Phi) is 2.86. The lowest BCUT2D eigenvalue weighted by molar-refractivity contribution is 0.431. The number of nitrogens with zero attached hydrogens (tertiary/aromatic N) is 1. The van der Waals surface area contributed by atoms with Crippen molar-refractivity contribution in [1.82, 2.24) is 0 Å². The minimum atomic E-state index is -0.626. The highest BCUT2D eigenvalue weighted by Gasteiger charge is 2.05. The number of halogens is 1. The van der Waals surface area contributed by atoms with Gasteiger partial charge in [-0.05, 0) is 36.6 Å². The van der Waals surface area contributed by atoms with Crippen molar-refractivity contribution in [2.45, 2.75) is 19.8 Å². The van der Waals surface area contributed by atoms with Gasteiger partial charge in [0.05, 0.1) is 6.07 Å². The normalized spacial score (nSPS) is 9.62. The molecule has 0 spiro atoms. The zero-order valence-electron chi connectivity index (χ0n) is 7.34. The Bertz CT molecular complexity index is 355. The summed E-state index contributed by atoms with van der Waals surface area (Å²) in [6.45, 7) is 1.78. The monoisotopic (exact) mass is 179 g/mol. The van der Waals surface area contributed by atoms with Crippen molar-refractivity contribution in [3.05, 3.63) is 29.1 Å². The molecule has 13 heavy (non-hydrogen) atoms. The van der Waals surface area contributed by atoms with E-state index in [4.69, 9.17) is 10.4 Å². The van der Waals surface area contributed by atoms with Crippen molar-refractivity contribution in [2.24, 2.45) is 0 Å². The summed E-state index contributed by atoms with van der Waals surface area (Å²) in [5.74, 6) is -0.961. The fraction of sp³-hybridized carbons (Fsp3) is 0.300. The van der Waals surface area contributed by atoms with Crippen LogP contribution in [0.25, 0.3) is 0 Å². The molecule has 1 aromatic rings. The lowest BCUT2D eigenvalue weighted by Gasteiger charge is -2.04. The third kappa shape index (κ3) is 2.19. The first-order chi connectivity index (χ1) is 6.15. The Hall–Kier alpha value is -1.56. The van der Waals surface area contributed by atoms with Crippen LogP contribution in [0.5, 0.6) is 5.75 Å². The van der Waals surface area contributed by atoms with E-state index in [-0.39, 0.29) is 5.75 Å². The van der Waals surface area contributed by atoms with Crippen LogP contribution in [-0.4, -0.2) is 5.11 Å². The van der Waals surface area contributed by atoms with E-state index < -0.39 is 5.82 Å². The summed E-state index contributed by atoms with van der Waals surface area (Å²) in [7, 11) is 0. The van der Waals surface area contributed by atoms with Gasteiger partial charge in [0, 0.05) is 6.42 Å². The summed E-state index contributed by atoms with van der Waals surface area (Å²) in [4.78, 5) is 0. The van der Waals surface area contributed by atoms with E-state index in [1.807, 2.05) is 6.07 Å². The second kappa shape index (κ2) is 3.90. The van der Waals surface area contributed by atoms with Gasteiger partial charge in [-0.1, -0.05) is 0 Å². The summed E-state index contributed by atoms with van der Waals surface area (Å²) in [5, 5.41) is 17.4. The molecule has 1 N–H and O–H groups in total. The van der Waals surface area contributed by atoms with Crippen LogP contribution >= 0.6 is 0 Å². The lowest BCUT2D eigenvalue weighted by atomic mass is 10.0. The van der Waals surface area contributed by atoms with E-state index in [1.165, 1.54) is 12.1 Å². The molecule has 2 nitrogen and oxygen atoms in total. The maximum atomic E-state index is 12.9. The van der Waals surface area contributed by atoms with Gasteiger partial charge in [-0.15, -0.1) is 0 Å². The maximum Gasteiger partial charge on any atom is 0.165 e. The lowest BCUT2D eigenvalue weighted by Crippen LogP contribution is -1.91. The largest absolute Gasteiger partial charge is 0.505 e. The first kappa shape index (κ1) is 9.53. The highest BCUT2D eigenvalue weighted by molar-refractivity contribution is 5.35. The van der Waals surface area contributed by atoms with Gasteiger partial charge in [0.1, 0.15) is 0 Å². The molecular weight excluding hydrogens is 169 g/mol. The Labute approximate surface area is 76.2 Å². The standard InChI is InChI=1S/C10H10FNO/c1-7-5-10(13)9(11)6-8(7)3-2-4-12/h5-6,13H,2-3H2,1H3. The molecule has 0 fully saturated rings. The van der Waals surface area contributed by atoms with Crippen LogP contribution in [0.1, 0.15) is 17.5 Å². The van der Waals surface area contributed by atoms with E-state index in [1.54, 1.807) is 6.92 Å². The molecule has 1 rings (SSSR count). The molecule has 0 saturated heterocycles. The number of phenols is 1. The van der Waals surface area contributed by atoms with E-state index in [0.29, 0.717) is 12.8 Å². The predicted molar refractivity (Wildman–Crippen MR) is 46.7 cm³/mol. The maximum absolute atomic E-state index is 12.9. The molecule has 0 unspecified atom stereocenters. The van der Waals surface area contributed by atoms with E-state index in [0.717, 1.165) is 11.1 Å². The van der Waals surface area contributed by atoms with Crippen molar-refractivity contribution in [3.63, 3.8) is 0 Å². The zero-order chi connectivity index (χ0) is 9.84. The number of aryl methyl sites for hydroxylation is 2. The van der Waals surface area contributed by atoms with Gasteiger partial charge in [-0.2, -0.15) is 5.26 Å². The van der Waals surface area contributed by atoms with E-state index in [2.05, 4.69) is 0 Å². The van der Waals surface area contributed by atoms with Crippen LogP contribution in [0, 0.1) is 24.1 Å². The van der Waals surface area contributed by atoms with E-state index in [9.17, 15) is 4.39 Å². The molecule has 0 aliphatic rings. The fourth-order valence-corrected chi connectivity index (χ4v) is 1.17. The van der Waals surface area contributed by atoms with Gasteiger partial charge in [0.25, 0.3) is 0 Å². The van der Waals surface area contributed by atoms with E-state index >= 15 is 0 Å². The number of rotatable bonds is 2. The molecule has 0 aliphatic heterocycles. The molecule has 3 heteroatoms. The molecule has 0 aromatic heterocycles. The second-order valence-electron chi connectivity index (χ2n) is 2.89. The van der Waals surface area contributed by atoms with Crippen LogP contribution in [0.2, 0.25) is 0 Å². The summed E-state index contributed by atoms with van der Waals surface area (Å²) in [6.07, 6.45) is 0.893. The number of aromatic hydroxyl groups is 1. The molecule has 0 aliphatic carbocycles. The molecule has 0 atom stereocenters. The van der Waals surface area contributed by atoms with Crippen LogP contribution in [-0.2, 0) is 6.42 Å². The van der Waals surface area contributed by atoms with Gasteiger partial charge in [-0.3, -0.25) is 0 Å². The van der Waals surface area contributed by atoms with Crippen molar-refractivity contribution < 1.29 is 9.50 Å². The highest BCUT2D eigenvalue weighted by Crippen LogP contribution is 2.21. The minimum absolute atomic E-state index is 0.335. The molecule has 1 aromatic carbocycles. The number of nitriles is 1. The summed E-state index contributed by atoms with van der Waals surface area (Å²) in [5.41, 5.74) is 1.59. The van der Waals surface area contributed by atoms with Gasteiger partial charge in [0.2, 0.25) is 0 Å². The third-order valence-corrected chi connectivity index (χ3v) is 1.91. The third-order valence-electron chi connectivity index (χ3n) is 1.91. The second-order valence-corrected chi connectivity index (χ2v) is 2.89. The predicted octanol–water partition coefficient (Wildman–Crippen LogP) is 2.30. The van der Waals surface area contributed by atoms with Crippen LogP contribution in [0.3, 0.4) is 0 Å². The summed E-state index contributed by atoms with van der Waals surface area (Å²) < 4.78 is 12.9. The SMILES string of the molecule is Cc1cc(O)c(F)cc1CCC#N. The van der Waals surface area contributed by atoms with Crippen molar-refractivity contribution in [1.29, 1.82) is 5.26 Å². The van der Waals surface area contributed by atoms with Gasteiger partial charge < -0.3 is 5.11 Å². The quantitative estimate of drug-likeness (QED) is 0.756. The molecule has 68 valence electrons. The molecule has 0 bridgehead atoms. The molecule has 0 saturated carbocycles. The Balaban J connectivity index is 2.96. The first-order valence-electron chi connectivity index (χ1n) is 4.00. The number of phenolic OH excluding ortho intramolecular Hbond substituents is 1.